The Morgan fingerprint density at radius 3 is 2.11 bits per heavy atom. The Hall–Kier alpha value is -0.950. The molecule has 0 aliphatic carbocycles. The third-order valence-corrected chi connectivity index (χ3v) is 3.57. The summed E-state index contributed by atoms with van der Waals surface area (Å²) >= 11 is 0. The summed E-state index contributed by atoms with van der Waals surface area (Å²) in [5.74, 6) is -0.312. The van der Waals surface area contributed by atoms with Gasteiger partial charge in [0.25, 0.3) is 10.1 Å². The molecule has 6 heteroatoms. The molecule has 3 heterocycles. The Balaban J connectivity index is 0.000000146. The van der Waals surface area contributed by atoms with Crippen molar-refractivity contribution in [3.63, 3.8) is 0 Å². The third kappa shape index (κ3) is 4.38. The van der Waals surface area contributed by atoms with Crippen LogP contribution in [-0.4, -0.2) is 38.3 Å². The summed E-state index contributed by atoms with van der Waals surface area (Å²) in [5.41, 5.74) is 0.593. The van der Waals surface area contributed by atoms with Gasteiger partial charge < -0.3 is 10.1 Å². The highest BCUT2D eigenvalue weighted by molar-refractivity contribution is 7.85. The van der Waals surface area contributed by atoms with Crippen molar-refractivity contribution in [1.29, 1.82) is 0 Å². The molecule has 0 amide bonds. The monoisotopic (exact) mass is 271 g/mol. The highest BCUT2D eigenvalue weighted by atomic mass is 32.2. The second kappa shape index (κ2) is 5.79. The lowest BCUT2D eigenvalue weighted by atomic mass is 9.96. The van der Waals surface area contributed by atoms with Gasteiger partial charge in [0, 0.05) is 12.1 Å². The molecule has 2 N–H and O–H groups in total. The summed E-state index contributed by atoms with van der Waals surface area (Å²) < 4.78 is 34.3. The predicted octanol–water partition coefficient (Wildman–Crippen LogP) is 0.822. The molecular formula is C12H17NO4S. The van der Waals surface area contributed by atoms with Crippen molar-refractivity contribution < 1.29 is 17.7 Å². The first-order valence-corrected chi connectivity index (χ1v) is 7.47. The molecule has 5 nitrogen and oxygen atoms in total. The van der Waals surface area contributed by atoms with Gasteiger partial charge in [-0.15, -0.1) is 0 Å². The highest BCUT2D eigenvalue weighted by Crippen LogP contribution is 2.17. The fourth-order valence-electron chi connectivity index (χ4n) is 2.02. The lowest BCUT2D eigenvalue weighted by Crippen LogP contribution is -2.60. The standard InChI is InChI=1S/C7H8O3S.C5H9NO/c8-11(9,10)6-7-4-2-1-3-5-7;1-4-2-7-3-5(1)6-4/h1-5H,6H2,(H,8,9,10);4-6H,1-3H2. The van der Waals surface area contributed by atoms with Crippen molar-refractivity contribution in [2.75, 3.05) is 13.2 Å². The van der Waals surface area contributed by atoms with Crippen LogP contribution in [0.25, 0.3) is 0 Å². The number of nitrogens with one attached hydrogen (secondary N) is 1. The van der Waals surface area contributed by atoms with Gasteiger partial charge in [-0.05, 0) is 12.0 Å². The van der Waals surface area contributed by atoms with Crippen LogP contribution in [0.15, 0.2) is 30.3 Å². The molecule has 3 aliphatic rings. The molecule has 3 fully saturated rings. The maximum absolute atomic E-state index is 10.4. The van der Waals surface area contributed by atoms with Gasteiger partial charge in [0.2, 0.25) is 0 Å². The smallest absolute Gasteiger partial charge is 0.269 e. The quantitative estimate of drug-likeness (QED) is 0.779. The Bertz CT molecular complexity index is 455. The molecule has 3 saturated heterocycles. The maximum Gasteiger partial charge on any atom is 0.269 e. The van der Waals surface area contributed by atoms with E-state index >= 15 is 0 Å². The third-order valence-electron chi connectivity index (χ3n) is 2.87. The van der Waals surface area contributed by atoms with Gasteiger partial charge in [0.05, 0.1) is 13.2 Å². The lowest BCUT2D eigenvalue weighted by Gasteiger charge is -2.42. The van der Waals surface area contributed by atoms with Crippen LogP contribution in [0.4, 0.5) is 0 Å². The Morgan fingerprint density at radius 1 is 1.22 bits per heavy atom. The van der Waals surface area contributed by atoms with Gasteiger partial charge in [0.1, 0.15) is 5.75 Å². The molecule has 100 valence electrons. The SMILES string of the molecule is C1OCC2CC1N2.O=S(=O)(O)Cc1ccccc1. The van der Waals surface area contributed by atoms with Crippen molar-refractivity contribution in [2.45, 2.75) is 24.3 Å². The number of hydrogen-bond acceptors (Lipinski definition) is 4. The number of rotatable bonds is 2. The topological polar surface area (TPSA) is 75.6 Å². The van der Waals surface area contributed by atoms with Gasteiger partial charge >= 0.3 is 0 Å². The average Bonchev–Trinajstić information content (AvgIpc) is 2.29. The van der Waals surface area contributed by atoms with E-state index in [4.69, 9.17) is 9.29 Å². The second-order valence-corrected chi connectivity index (χ2v) is 6.00. The van der Waals surface area contributed by atoms with Crippen molar-refractivity contribution >= 4 is 10.1 Å². The largest absolute Gasteiger partial charge is 0.378 e. The van der Waals surface area contributed by atoms with E-state index in [1.54, 1.807) is 30.3 Å². The van der Waals surface area contributed by atoms with Crippen LogP contribution in [0, 0.1) is 0 Å². The zero-order valence-corrected chi connectivity index (χ0v) is 10.8. The van der Waals surface area contributed by atoms with Gasteiger partial charge in [0.15, 0.2) is 0 Å². The molecule has 2 atom stereocenters. The number of ether oxygens (including phenoxy) is 1. The normalized spacial score (nSPS) is 25.6. The number of morpholine rings is 1. The molecule has 0 radical (unpaired) electrons. The van der Waals surface area contributed by atoms with E-state index in [0.717, 1.165) is 13.2 Å². The van der Waals surface area contributed by atoms with Gasteiger partial charge in [-0.1, -0.05) is 30.3 Å². The molecule has 1 aromatic carbocycles. The van der Waals surface area contributed by atoms with Crippen LogP contribution in [0.5, 0.6) is 0 Å². The molecule has 0 aromatic heterocycles. The zero-order chi connectivity index (χ0) is 13.0. The van der Waals surface area contributed by atoms with E-state index in [9.17, 15) is 8.42 Å². The minimum Gasteiger partial charge on any atom is -0.378 e. The fourth-order valence-corrected chi connectivity index (χ4v) is 2.64. The summed E-state index contributed by atoms with van der Waals surface area (Å²) in [4.78, 5) is 0. The Kier molecular flexibility index (Phi) is 4.34. The van der Waals surface area contributed by atoms with Gasteiger partial charge in [-0.25, -0.2) is 0 Å². The van der Waals surface area contributed by atoms with Crippen molar-refractivity contribution in [2.24, 2.45) is 0 Å². The molecule has 2 unspecified atom stereocenters. The number of benzene rings is 1. The summed E-state index contributed by atoms with van der Waals surface area (Å²) in [5, 5.41) is 3.35. The second-order valence-electron chi connectivity index (χ2n) is 4.55. The van der Waals surface area contributed by atoms with E-state index in [1.807, 2.05) is 0 Å². The molecule has 3 aliphatic heterocycles. The van der Waals surface area contributed by atoms with Gasteiger partial charge in [-0.2, -0.15) is 8.42 Å². The zero-order valence-electron chi connectivity index (χ0n) is 9.95. The van der Waals surface area contributed by atoms with Crippen LogP contribution >= 0.6 is 0 Å². The Morgan fingerprint density at radius 2 is 1.78 bits per heavy atom. The Labute approximate surface area is 107 Å². The first-order valence-electron chi connectivity index (χ1n) is 5.86. The molecule has 18 heavy (non-hydrogen) atoms. The molecular weight excluding hydrogens is 254 g/mol. The summed E-state index contributed by atoms with van der Waals surface area (Å²) in [7, 11) is -3.88. The molecule has 4 rings (SSSR count). The summed E-state index contributed by atoms with van der Waals surface area (Å²) in [6, 6.07) is 9.94. The molecule has 1 aromatic rings. The van der Waals surface area contributed by atoms with Crippen molar-refractivity contribution in [3.05, 3.63) is 35.9 Å². The number of fused-ring (bicyclic) bond motifs is 2. The number of hydrogen-bond donors (Lipinski definition) is 2. The minimum atomic E-state index is -3.88. The fraction of sp³-hybridized carbons (Fsp3) is 0.500. The van der Waals surface area contributed by atoms with Crippen LogP contribution in [0.1, 0.15) is 12.0 Å². The molecule has 0 spiro atoms. The van der Waals surface area contributed by atoms with Crippen LogP contribution < -0.4 is 5.32 Å². The molecule has 2 bridgehead atoms. The van der Waals surface area contributed by atoms with E-state index in [-0.39, 0.29) is 5.75 Å². The van der Waals surface area contributed by atoms with Crippen molar-refractivity contribution in [1.82, 2.24) is 5.32 Å². The highest BCUT2D eigenvalue weighted by Gasteiger charge is 2.32. The molecule has 0 saturated carbocycles. The first kappa shape index (κ1) is 13.5. The predicted molar refractivity (Wildman–Crippen MR) is 67.8 cm³/mol. The lowest BCUT2D eigenvalue weighted by molar-refractivity contribution is -0.0172. The van der Waals surface area contributed by atoms with E-state index in [0.29, 0.717) is 17.6 Å². The van der Waals surface area contributed by atoms with Crippen LogP contribution in [0.2, 0.25) is 0 Å². The summed E-state index contributed by atoms with van der Waals surface area (Å²) in [6.45, 7) is 1.88. The van der Waals surface area contributed by atoms with Crippen molar-refractivity contribution in [3.8, 4) is 0 Å². The van der Waals surface area contributed by atoms with Crippen LogP contribution in [-0.2, 0) is 20.6 Å². The van der Waals surface area contributed by atoms with E-state index < -0.39 is 10.1 Å². The summed E-state index contributed by atoms with van der Waals surface area (Å²) in [6.07, 6.45) is 1.35. The first-order chi connectivity index (χ1) is 8.53. The van der Waals surface area contributed by atoms with Gasteiger partial charge in [-0.3, -0.25) is 4.55 Å². The van der Waals surface area contributed by atoms with E-state index in [1.165, 1.54) is 6.42 Å². The maximum atomic E-state index is 10.4. The minimum absolute atomic E-state index is 0.312. The van der Waals surface area contributed by atoms with Crippen LogP contribution in [0.3, 0.4) is 0 Å². The average molecular weight is 271 g/mol. The van der Waals surface area contributed by atoms with E-state index in [2.05, 4.69) is 5.32 Å².